The summed E-state index contributed by atoms with van der Waals surface area (Å²) < 4.78 is 38.7. The molecule has 9 heteroatoms. The summed E-state index contributed by atoms with van der Waals surface area (Å²) in [5, 5.41) is 4.40. The van der Waals surface area contributed by atoms with Gasteiger partial charge in [0.2, 0.25) is 11.8 Å². The molecule has 1 aromatic carbocycles. The molecule has 0 unspecified atom stereocenters. The number of benzene rings is 1. The Bertz CT molecular complexity index is 531. The van der Waals surface area contributed by atoms with Crippen molar-refractivity contribution in [3.8, 4) is 0 Å². The van der Waals surface area contributed by atoms with Gasteiger partial charge in [-0.05, 0) is 19.4 Å². The lowest BCUT2D eigenvalue weighted by molar-refractivity contribution is -0.125. The van der Waals surface area contributed by atoms with E-state index < -0.39 is 41.9 Å². The zero-order valence-electron chi connectivity index (χ0n) is 11.7. The van der Waals surface area contributed by atoms with Crippen LogP contribution in [0.4, 0.5) is 18.9 Å². The number of anilines is 1. The van der Waals surface area contributed by atoms with Gasteiger partial charge in [-0.2, -0.15) is 0 Å². The second kappa shape index (κ2) is 8.35. The maximum Gasteiger partial charge on any atom is 0.243 e. The van der Waals surface area contributed by atoms with Crippen molar-refractivity contribution in [2.45, 2.75) is 18.9 Å². The van der Waals surface area contributed by atoms with Crippen molar-refractivity contribution in [1.82, 2.24) is 5.32 Å². The average molecular weight is 318 g/mol. The fourth-order valence-electron chi connectivity index (χ4n) is 1.60. The molecule has 1 rings (SSSR count). The molecule has 1 aromatic rings. The fourth-order valence-corrected chi connectivity index (χ4v) is 1.60. The molecule has 0 radical (unpaired) electrons. The van der Waals surface area contributed by atoms with Crippen LogP contribution in [-0.2, 0) is 9.59 Å². The Morgan fingerprint density at radius 2 is 1.77 bits per heavy atom. The van der Waals surface area contributed by atoms with Crippen molar-refractivity contribution in [2.75, 3.05) is 18.4 Å². The van der Waals surface area contributed by atoms with Crippen LogP contribution >= 0.6 is 0 Å². The number of halogens is 3. The van der Waals surface area contributed by atoms with Gasteiger partial charge in [-0.25, -0.2) is 13.2 Å². The molecule has 0 aliphatic rings. The summed E-state index contributed by atoms with van der Waals surface area (Å²) in [7, 11) is 0. The molecule has 0 saturated carbocycles. The average Bonchev–Trinajstić information content (AvgIpc) is 2.47. The Morgan fingerprint density at radius 1 is 1.18 bits per heavy atom. The van der Waals surface area contributed by atoms with E-state index in [0.717, 1.165) is 0 Å². The molecule has 6 nitrogen and oxygen atoms in total. The van der Waals surface area contributed by atoms with Gasteiger partial charge in [-0.15, -0.1) is 0 Å². The summed E-state index contributed by atoms with van der Waals surface area (Å²) in [5.41, 5.74) is 10.6. The van der Waals surface area contributed by atoms with Crippen molar-refractivity contribution in [2.24, 2.45) is 11.5 Å². The van der Waals surface area contributed by atoms with Gasteiger partial charge in [0.05, 0.1) is 12.6 Å². The van der Waals surface area contributed by atoms with Crippen LogP contribution in [0.3, 0.4) is 0 Å². The number of nitrogens with two attached hydrogens (primary N) is 2. The molecule has 0 fully saturated rings. The summed E-state index contributed by atoms with van der Waals surface area (Å²) in [5.74, 6) is -5.76. The minimum absolute atomic E-state index is 0.261. The highest BCUT2D eigenvalue weighted by Gasteiger charge is 2.15. The fraction of sp³-hybridized carbons (Fsp3) is 0.385. The van der Waals surface area contributed by atoms with E-state index in [1.165, 1.54) is 0 Å². The maximum atomic E-state index is 13.0. The number of hydrogen-bond donors (Lipinski definition) is 4. The highest BCUT2D eigenvalue weighted by Crippen LogP contribution is 2.17. The topological polar surface area (TPSA) is 110 Å². The van der Waals surface area contributed by atoms with Crippen molar-refractivity contribution in [3.63, 3.8) is 0 Å². The van der Waals surface area contributed by atoms with Gasteiger partial charge in [0.15, 0.2) is 17.5 Å². The molecule has 0 aromatic heterocycles. The monoisotopic (exact) mass is 318 g/mol. The molecule has 0 aliphatic heterocycles. The molecule has 2 amide bonds. The van der Waals surface area contributed by atoms with Crippen molar-refractivity contribution >= 4 is 17.5 Å². The largest absolute Gasteiger partial charge is 0.346 e. The molecular formula is C13H17F3N4O2. The van der Waals surface area contributed by atoms with E-state index in [0.29, 0.717) is 31.5 Å². The predicted molar refractivity (Wildman–Crippen MR) is 74.2 cm³/mol. The van der Waals surface area contributed by atoms with Crippen LogP contribution in [-0.4, -0.2) is 30.9 Å². The first-order chi connectivity index (χ1) is 10.3. The lowest BCUT2D eigenvalue weighted by Crippen LogP contribution is -2.43. The Balaban J connectivity index is 2.48. The highest BCUT2D eigenvalue weighted by atomic mass is 19.2. The molecule has 122 valence electrons. The minimum Gasteiger partial charge on any atom is -0.346 e. The Kier molecular flexibility index (Phi) is 6.80. The molecular weight excluding hydrogens is 301 g/mol. The molecule has 0 aliphatic carbocycles. The molecule has 22 heavy (non-hydrogen) atoms. The number of hydrogen-bond acceptors (Lipinski definition) is 4. The number of nitrogens with one attached hydrogen (secondary N) is 2. The molecule has 0 spiro atoms. The third kappa shape index (κ3) is 5.34. The summed E-state index contributed by atoms with van der Waals surface area (Å²) in [6.45, 7) is -0.0427. The van der Waals surface area contributed by atoms with E-state index in [2.05, 4.69) is 10.6 Å². The number of amides is 2. The van der Waals surface area contributed by atoms with Gasteiger partial charge in [0.25, 0.3) is 0 Å². The smallest absolute Gasteiger partial charge is 0.243 e. The molecule has 1 atom stereocenters. The SMILES string of the molecule is NCCC[C@H](N)C(=O)NCC(=O)Nc1cc(F)c(F)c(F)c1. The second-order valence-corrected chi connectivity index (χ2v) is 4.56. The van der Waals surface area contributed by atoms with E-state index in [1.807, 2.05) is 0 Å². The Hall–Kier alpha value is -2.13. The first kappa shape index (κ1) is 17.9. The molecule has 0 heterocycles. The lowest BCUT2D eigenvalue weighted by atomic mass is 10.1. The first-order valence-electron chi connectivity index (χ1n) is 6.53. The number of carbonyl (C=O) groups excluding carboxylic acids is 2. The van der Waals surface area contributed by atoms with E-state index in [-0.39, 0.29) is 5.69 Å². The van der Waals surface area contributed by atoms with Crippen molar-refractivity contribution in [3.05, 3.63) is 29.6 Å². The lowest BCUT2D eigenvalue weighted by Gasteiger charge is -2.12. The standard InChI is InChI=1S/C13H17F3N4O2/c14-8-4-7(5-9(15)12(8)16)20-11(21)6-19-13(22)10(18)2-1-3-17/h4-5,10H,1-3,6,17-18H2,(H,19,22)(H,20,21)/t10-/m0/s1. The van der Waals surface area contributed by atoms with Gasteiger partial charge in [-0.1, -0.05) is 0 Å². The van der Waals surface area contributed by atoms with Crippen molar-refractivity contribution in [1.29, 1.82) is 0 Å². The van der Waals surface area contributed by atoms with Gasteiger partial charge in [0.1, 0.15) is 0 Å². The quantitative estimate of drug-likeness (QED) is 0.539. The molecule has 0 bridgehead atoms. The number of carbonyl (C=O) groups is 2. The predicted octanol–water partition coefficient (Wildman–Crippen LogP) is 0.225. The van der Waals surface area contributed by atoms with E-state index in [4.69, 9.17) is 11.5 Å². The second-order valence-electron chi connectivity index (χ2n) is 4.56. The minimum atomic E-state index is -1.63. The highest BCUT2D eigenvalue weighted by molar-refractivity contribution is 5.95. The third-order valence-electron chi connectivity index (χ3n) is 2.75. The summed E-state index contributed by atoms with van der Waals surface area (Å²) in [6, 6.07) is 0.466. The van der Waals surface area contributed by atoms with E-state index >= 15 is 0 Å². The van der Waals surface area contributed by atoms with Gasteiger partial charge in [-0.3, -0.25) is 9.59 Å². The summed E-state index contributed by atoms with van der Waals surface area (Å²) in [6.07, 6.45) is 0.938. The van der Waals surface area contributed by atoms with Crippen LogP contribution in [0, 0.1) is 17.5 Å². The van der Waals surface area contributed by atoms with Gasteiger partial charge < -0.3 is 22.1 Å². The normalized spacial score (nSPS) is 11.9. The molecule has 0 saturated heterocycles. The molecule has 6 N–H and O–H groups in total. The van der Waals surface area contributed by atoms with Crippen LogP contribution in [0.25, 0.3) is 0 Å². The number of rotatable bonds is 7. The van der Waals surface area contributed by atoms with Crippen molar-refractivity contribution < 1.29 is 22.8 Å². The summed E-state index contributed by atoms with van der Waals surface area (Å²) in [4.78, 5) is 23.1. The van der Waals surface area contributed by atoms with Crippen LogP contribution in [0.2, 0.25) is 0 Å². The zero-order chi connectivity index (χ0) is 16.7. The van der Waals surface area contributed by atoms with Gasteiger partial charge in [0, 0.05) is 17.8 Å². The van der Waals surface area contributed by atoms with E-state index in [9.17, 15) is 22.8 Å². The maximum absolute atomic E-state index is 13.0. The Labute approximate surface area is 125 Å². The van der Waals surface area contributed by atoms with Crippen LogP contribution in [0.15, 0.2) is 12.1 Å². The van der Waals surface area contributed by atoms with Crippen LogP contribution < -0.4 is 22.1 Å². The van der Waals surface area contributed by atoms with E-state index in [1.54, 1.807) is 0 Å². The Morgan fingerprint density at radius 3 is 2.32 bits per heavy atom. The zero-order valence-corrected chi connectivity index (χ0v) is 11.7. The van der Waals surface area contributed by atoms with Gasteiger partial charge >= 0.3 is 0 Å². The summed E-state index contributed by atoms with van der Waals surface area (Å²) >= 11 is 0. The van der Waals surface area contributed by atoms with Crippen LogP contribution in [0.5, 0.6) is 0 Å². The van der Waals surface area contributed by atoms with Crippen LogP contribution in [0.1, 0.15) is 12.8 Å². The third-order valence-corrected chi connectivity index (χ3v) is 2.75. The first-order valence-corrected chi connectivity index (χ1v) is 6.53.